The molecule has 37 heavy (non-hydrogen) atoms. The van der Waals surface area contributed by atoms with Crippen molar-refractivity contribution in [3.63, 3.8) is 0 Å². The normalized spacial score (nSPS) is 14.7. The SMILES string of the molecule is CC(=O)N1CCN(CCCn2c(-c3ccccc3)cc(C(=O)Cc3cccc(C(F)(F)F)c3)c2C)CC1. The van der Waals surface area contributed by atoms with Gasteiger partial charge in [0.1, 0.15) is 0 Å². The van der Waals surface area contributed by atoms with Gasteiger partial charge in [-0.05, 0) is 43.1 Å². The van der Waals surface area contributed by atoms with Crippen LogP contribution in [0.25, 0.3) is 11.3 Å². The van der Waals surface area contributed by atoms with E-state index in [0.717, 1.165) is 68.2 Å². The maximum absolute atomic E-state index is 13.3. The number of halogens is 3. The van der Waals surface area contributed by atoms with Gasteiger partial charge in [-0.2, -0.15) is 13.2 Å². The van der Waals surface area contributed by atoms with Crippen molar-refractivity contribution in [3.05, 3.63) is 83.0 Å². The zero-order valence-electron chi connectivity index (χ0n) is 21.2. The Morgan fingerprint density at radius 3 is 2.24 bits per heavy atom. The maximum atomic E-state index is 13.3. The minimum atomic E-state index is -4.45. The fourth-order valence-electron chi connectivity index (χ4n) is 4.94. The van der Waals surface area contributed by atoms with Crippen LogP contribution < -0.4 is 0 Å². The molecule has 8 heteroatoms. The van der Waals surface area contributed by atoms with Gasteiger partial charge in [-0.25, -0.2) is 0 Å². The van der Waals surface area contributed by atoms with E-state index in [1.54, 1.807) is 13.0 Å². The van der Waals surface area contributed by atoms with Crippen molar-refractivity contribution in [2.24, 2.45) is 0 Å². The highest BCUT2D eigenvalue weighted by Crippen LogP contribution is 2.31. The van der Waals surface area contributed by atoms with Crippen molar-refractivity contribution < 1.29 is 22.8 Å². The lowest BCUT2D eigenvalue weighted by atomic mass is 10.0. The number of carbonyl (C=O) groups is 2. The van der Waals surface area contributed by atoms with Crippen LogP contribution in [0.15, 0.2) is 60.7 Å². The molecule has 0 spiro atoms. The van der Waals surface area contributed by atoms with E-state index >= 15 is 0 Å². The molecule has 3 aromatic rings. The number of carbonyl (C=O) groups excluding carboxylic acids is 2. The van der Waals surface area contributed by atoms with Crippen LogP contribution in [0.1, 0.15) is 40.5 Å². The lowest BCUT2D eigenvalue weighted by Gasteiger charge is -2.34. The number of ketones is 1. The molecular weight excluding hydrogens is 479 g/mol. The van der Waals surface area contributed by atoms with Gasteiger partial charge in [0.05, 0.1) is 5.56 Å². The molecule has 1 fully saturated rings. The van der Waals surface area contributed by atoms with Crippen molar-refractivity contribution in [3.8, 4) is 11.3 Å². The predicted octanol–water partition coefficient (Wildman–Crippen LogP) is 5.46. The second kappa shape index (κ2) is 11.3. The van der Waals surface area contributed by atoms with Gasteiger partial charge in [0.15, 0.2) is 5.78 Å². The molecule has 1 aliphatic rings. The van der Waals surface area contributed by atoms with E-state index in [1.165, 1.54) is 6.07 Å². The summed E-state index contributed by atoms with van der Waals surface area (Å²) >= 11 is 0. The van der Waals surface area contributed by atoms with E-state index in [9.17, 15) is 22.8 Å². The minimum absolute atomic E-state index is 0.0938. The number of hydrogen-bond donors (Lipinski definition) is 0. The molecule has 1 aliphatic heterocycles. The molecule has 4 rings (SSSR count). The molecule has 0 radical (unpaired) electrons. The van der Waals surface area contributed by atoms with Gasteiger partial charge in [0.25, 0.3) is 0 Å². The molecule has 1 aromatic heterocycles. The molecule has 0 unspecified atom stereocenters. The second-order valence-corrected chi connectivity index (χ2v) is 9.55. The number of alkyl halides is 3. The van der Waals surface area contributed by atoms with E-state index < -0.39 is 11.7 Å². The Bertz CT molecular complexity index is 1240. The molecule has 0 N–H and O–H groups in total. The van der Waals surface area contributed by atoms with Crippen LogP contribution in [-0.2, 0) is 23.9 Å². The van der Waals surface area contributed by atoms with Crippen LogP contribution in [0.3, 0.4) is 0 Å². The Morgan fingerprint density at radius 1 is 0.892 bits per heavy atom. The standard InChI is InChI=1S/C29H32F3N3O2/c1-21-26(28(37)19-23-8-6-11-25(18-23)29(30,31)32)20-27(24-9-4-3-5-10-24)35(21)13-7-12-33-14-16-34(17-15-33)22(2)36/h3-6,8-11,18,20H,7,12-17,19H2,1-2H3. The maximum Gasteiger partial charge on any atom is 0.416 e. The number of amides is 1. The van der Waals surface area contributed by atoms with Crippen molar-refractivity contribution in [2.45, 2.75) is 39.4 Å². The van der Waals surface area contributed by atoms with Gasteiger partial charge in [-0.3, -0.25) is 14.5 Å². The van der Waals surface area contributed by atoms with E-state index in [1.807, 2.05) is 48.2 Å². The summed E-state index contributed by atoms with van der Waals surface area (Å²) < 4.78 is 41.5. The lowest BCUT2D eigenvalue weighted by molar-refractivity contribution is -0.137. The van der Waals surface area contributed by atoms with E-state index in [0.29, 0.717) is 17.7 Å². The largest absolute Gasteiger partial charge is 0.416 e. The van der Waals surface area contributed by atoms with Crippen molar-refractivity contribution in [2.75, 3.05) is 32.7 Å². The lowest BCUT2D eigenvalue weighted by Crippen LogP contribution is -2.48. The van der Waals surface area contributed by atoms with Gasteiger partial charge < -0.3 is 9.47 Å². The van der Waals surface area contributed by atoms with Gasteiger partial charge in [-0.1, -0.05) is 48.5 Å². The Labute approximate surface area is 215 Å². The number of hydrogen-bond acceptors (Lipinski definition) is 3. The fraction of sp³-hybridized carbons (Fsp3) is 0.379. The summed E-state index contributed by atoms with van der Waals surface area (Å²) in [6.45, 7) is 8.25. The molecule has 0 saturated carbocycles. The Balaban J connectivity index is 1.51. The zero-order chi connectivity index (χ0) is 26.6. The van der Waals surface area contributed by atoms with Crippen LogP contribution in [0.4, 0.5) is 13.2 Å². The average Bonchev–Trinajstić information content (AvgIpc) is 3.21. The third kappa shape index (κ3) is 6.49. The van der Waals surface area contributed by atoms with Crippen LogP contribution >= 0.6 is 0 Å². The van der Waals surface area contributed by atoms with Crippen LogP contribution in [-0.4, -0.2) is 58.8 Å². The van der Waals surface area contributed by atoms with Crippen molar-refractivity contribution in [1.82, 2.24) is 14.4 Å². The molecule has 5 nitrogen and oxygen atoms in total. The summed E-state index contributed by atoms with van der Waals surface area (Å²) in [5.74, 6) is -0.0921. The molecular formula is C29H32F3N3O2. The fourth-order valence-corrected chi connectivity index (χ4v) is 4.94. The predicted molar refractivity (Wildman–Crippen MR) is 137 cm³/mol. The van der Waals surface area contributed by atoms with Gasteiger partial charge in [0.2, 0.25) is 5.91 Å². The molecule has 2 heterocycles. The number of rotatable bonds is 8. The average molecular weight is 512 g/mol. The first-order valence-corrected chi connectivity index (χ1v) is 12.6. The number of aromatic nitrogens is 1. The summed E-state index contributed by atoms with van der Waals surface area (Å²) in [5.41, 5.74) is 2.85. The molecule has 0 bridgehead atoms. The summed E-state index contributed by atoms with van der Waals surface area (Å²) in [4.78, 5) is 29.0. The zero-order valence-corrected chi connectivity index (χ0v) is 21.2. The minimum Gasteiger partial charge on any atom is -0.344 e. The van der Waals surface area contributed by atoms with Gasteiger partial charge in [-0.15, -0.1) is 0 Å². The number of nitrogens with zero attached hydrogens (tertiary/aromatic N) is 3. The molecule has 196 valence electrons. The van der Waals surface area contributed by atoms with Gasteiger partial charge in [0, 0.05) is 63.0 Å². The third-order valence-electron chi connectivity index (χ3n) is 7.03. The highest BCUT2D eigenvalue weighted by molar-refractivity contribution is 6.00. The Kier molecular flexibility index (Phi) is 8.17. The third-order valence-corrected chi connectivity index (χ3v) is 7.03. The van der Waals surface area contributed by atoms with E-state index in [4.69, 9.17) is 0 Å². The molecule has 0 aliphatic carbocycles. The molecule has 1 amide bonds. The monoisotopic (exact) mass is 511 g/mol. The Morgan fingerprint density at radius 2 is 1.59 bits per heavy atom. The quantitative estimate of drug-likeness (QED) is 0.377. The van der Waals surface area contributed by atoms with E-state index in [-0.39, 0.29) is 18.1 Å². The number of benzene rings is 2. The summed E-state index contributed by atoms with van der Waals surface area (Å²) in [5, 5.41) is 0. The first-order chi connectivity index (χ1) is 17.6. The highest BCUT2D eigenvalue weighted by Gasteiger charge is 2.30. The first kappa shape index (κ1) is 26.7. The summed E-state index contributed by atoms with van der Waals surface area (Å²) in [7, 11) is 0. The van der Waals surface area contributed by atoms with E-state index in [2.05, 4.69) is 9.47 Å². The van der Waals surface area contributed by atoms with Crippen LogP contribution in [0.5, 0.6) is 0 Å². The van der Waals surface area contributed by atoms with Crippen molar-refractivity contribution in [1.29, 1.82) is 0 Å². The number of piperazine rings is 1. The Hall–Kier alpha value is -3.39. The topological polar surface area (TPSA) is 45.6 Å². The van der Waals surface area contributed by atoms with Gasteiger partial charge >= 0.3 is 6.18 Å². The first-order valence-electron chi connectivity index (χ1n) is 12.6. The molecule has 2 aromatic carbocycles. The highest BCUT2D eigenvalue weighted by atomic mass is 19.4. The van der Waals surface area contributed by atoms with Crippen molar-refractivity contribution >= 4 is 11.7 Å². The smallest absolute Gasteiger partial charge is 0.344 e. The molecule has 0 atom stereocenters. The number of Topliss-reactive ketones (excluding diaryl/α,β-unsaturated/α-hetero) is 1. The van der Waals surface area contributed by atoms with Crippen LogP contribution in [0.2, 0.25) is 0 Å². The van der Waals surface area contributed by atoms with Crippen LogP contribution in [0, 0.1) is 6.92 Å². The summed E-state index contributed by atoms with van der Waals surface area (Å²) in [6, 6.07) is 16.6. The second-order valence-electron chi connectivity index (χ2n) is 9.55. The molecule has 1 saturated heterocycles. The summed E-state index contributed by atoms with van der Waals surface area (Å²) in [6.07, 6.45) is -3.67.